The van der Waals surface area contributed by atoms with Crippen molar-refractivity contribution in [3.63, 3.8) is 0 Å². The first kappa shape index (κ1) is 15.0. The summed E-state index contributed by atoms with van der Waals surface area (Å²) in [6.07, 6.45) is 0.716. The molecule has 1 fully saturated rings. The van der Waals surface area contributed by atoms with E-state index in [1.807, 2.05) is 13.8 Å². The average Bonchev–Trinajstić information content (AvgIpc) is 2.90. The molecular formula is C15H22N4O3. The van der Waals surface area contributed by atoms with E-state index in [1.54, 1.807) is 16.7 Å². The fraction of sp³-hybridized carbons (Fsp3) is 0.667. The van der Waals surface area contributed by atoms with Crippen molar-refractivity contribution in [2.75, 3.05) is 26.2 Å². The van der Waals surface area contributed by atoms with Crippen molar-refractivity contribution < 1.29 is 14.3 Å². The molecule has 0 aliphatic carbocycles. The molecule has 0 saturated carbocycles. The van der Waals surface area contributed by atoms with E-state index in [0.29, 0.717) is 38.3 Å². The van der Waals surface area contributed by atoms with Crippen LogP contribution in [0, 0.1) is 0 Å². The van der Waals surface area contributed by atoms with Crippen LogP contribution in [-0.2, 0) is 16.0 Å². The van der Waals surface area contributed by atoms with E-state index in [1.165, 1.54) is 0 Å². The van der Waals surface area contributed by atoms with Crippen LogP contribution in [0.15, 0.2) is 0 Å². The number of H-pyrrole nitrogens is 1. The van der Waals surface area contributed by atoms with Crippen LogP contribution in [0.3, 0.4) is 0 Å². The monoisotopic (exact) mass is 306 g/mol. The Morgan fingerprint density at radius 3 is 2.45 bits per heavy atom. The third kappa shape index (κ3) is 2.61. The highest BCUT2D eigenvalue weighted by Gasteiger charge is 2.32. The minimum atomic E-state index is -0.0673. The number of aromatic nitrogens is 2. The Morgan fingerprint density at radius 2 is 1.82 bits per heavy atom. The first-order valence-corrected chi connectivity index (χ1v) is 7.74. The molecule has 120 valence electrons. The lowest BCUT2D eigenvalue weighted by atomic mass is 9.99. The Hall–Kier alpha value is -1.89. The maximum absolute atomic E-state index is 12.7. The molecule has 22 heavy (non-hydrogen) atoms. The molecule has 7 heteroatoms. The summed E-state index contributed by atoms with van der Waals surface area (Å²) in [5.74, 6) is 0.00560. The highest BCUT2D eigenvalue weighted by molar-refractivity contribution is 5.94. The SMILES string of the molecule is CC(=O)N1CCN(C(=O)c2n[nH]c3c2C[C@@H](C)O[C@H]3C)CC1. The zero-order valence-electron chi connectivity index (χ0n) is 13.3. The quantitative estimate of drug-likeness (QED) is 0.830. The van der Waals surface area contributed by atoms with Crippen LogP contribution >= 0.6 is 0 Å². The minimum absolute atomic E-state index is 0.0537. The van der Waals surface area contributed by atoms with Crippen molar-refractivity contribution in [2.24, 2.45) is 0 Å². The minimum Gasteiger partial charge on any atom is -0.369 e. The summed E-state index contributed by atoms with van der Waals surface area (Å²) in [6, 6.07) is 0. The number of aromatic amines is 1. The van der Waals surface area contributed by atoms with Crippen molar-refractivity contribution in [1.29, 1.82) is 0 Å². The predicted molar refractivity (Wildman–Crippen MR) is 79.4 cm³/mol. The van der Waals surface area contributed by atoms with E-state index in [0.717, 1.165) is 11.3 Å². The molecule has 1 N–H and O–H groups in total. The van der Waals surface area contributed by atoms with Gasteiger partial charge in [0, 0.05) is 45.1 Å². The molecule has 3 rings (SSSR count). The largest absolute Gasteiger partial charge is 0.369 e. The number of ether oxygens (including phenoxy) is 1. The smallest absolute Gasteiger partial charge is 0.274 e. The lowest BCUT2D eigenvalue weighted by molar-refractivity contribution is -0.130. The lowest BCUT2D eigenvalue weighted by Crippen LogP contribution is -2.50. The van der Waals surface area contributed by atoms with Gasteiger partial charge >= 0.3 is 0 Å². The van der Waals surface area contributed by atoms with Crippen molar-refractivity contribution in [2.45, 2.75) is 39.4 Å². The van der Waals surface area contributed by atoms with Crippen LogP contribution in [-0.4, -0.2) is 64.1 Å². The van der Waals surface area contributed by atoms with Crippen molar-refractivity contribution in [3.05, 3.63) is 17.0 Å². The number of carbonyl (C=O) groups excluding carboxylic acids is 2. The molecule has 3 heterocycles. The predicted octanol–water partition coefficient (Wildman–Crippen LogP) is 0.736. The van der Waals surface area contributed by atoms with Gasteiger partial charge < -0.3 is 14.5 Å². The van der Waals surface area contributed by atoms with E-state index in [-0.39, 0.29) is 24.0 Å². The summed E-state index contributed by atoms with van der Waals surface area (Å²) in [6.45, 7) is 7.82. The normalized spacial score (nSPS) is 25.0. The lowest BCUT2D eigenvalue weighted by Gasteiger charge is -2.34. The second-order valence-corrected chi connectivity index (χ2v) is 6.06. The topological polar surface area (TPSA) is 78.5 Å². The number of hydrogen-bond acceptors (Lipinski definition) is 4. The summed E-state index contributed by atoms with van der Waals surface area (Å²) in [7, 11) is 0. The molecule has 1 saturated heterocycles. The molecule has 0 aromatic carbocycles. The van der Waals surface area contributed by atoms with Crippen LogP contribution < -0.4 is 0 Å². The van der Waals surface area contributed by atoms with Crippen LogP contribution in [0.2, 0.25) is 0 Å². The van der Waals surface area contributed by atoms with Gasteiger partial charge in [-0.1, -0.05) is 0 Å². The molecule has 0 radical (unpaired) electrons. The number of carbonyl (C=O) groups is 2. The Bertz CT molecular complexity index is 590. The molecule has 0 bridgehead atoms. The highest BCUT2D eigenvalue weighted by atomic mass is 16.5. The second kappa shape index (κ2) is 5.72. The Balaban J connectivity index is 1.76. The maximum Gasteiger partial charge on any atom is 0.274 e. The second-order valence-electron chi connectivity index (χ2n) is 6.06. The van der Waals surface area contributed by atoms with Crippen LogP contribution in [0.25, 0.3) is 0 Å². The van der Waals surface area contributed by atoms with E-state index in [2.05, 4.69) is 10.2 Å². The Kier molecular flexibility index (Phi) is 3.90. The molecular weight excluding hydrogens is 284 g/mol. The van der Waals surface area contributed by atoms with Gasteiger partial charge in [0.1, 0.15) is 0 Å². The van der Waals surface area contributed by atoms with E-state index < -0.39 is 0 Å². The van der Waals surface area contributed by atoms with Crippen molar-refractivity contribution >= 4 is 11.8 Å². The molecule has 0 spiro atoms. The van der Waals surface area contributed by atoms with E-state index in [4.69, 9.17) is 4.74 Å². The zero-order valence-corrected chi connectivity index (χ0v) is 13.3. The van der Waals surface area contributed by atoms with E-state index >= 15 is 0 Å². The van der Waals surface area contributed by atoms with Crippen molar-refractivity contribution in [1.82, 2.24) is 20.0 Å². The van der Waals surface area contributed by atoms with Gasteiger partial charge in [-0.05, 0) is 13.8 Å². The number of nitrogens with zero attached hydrogens (tertiary/aromatic N) is 3. The summed E-state index contributed by atoms with van der Waals surface area (Å²) in [5.41, 5.74) is 2.39. The molecule has 2 amide bonds. The molecule has 1 aromatic heterocycles. The summed E-state index contributed by atoms with van der Waals surface area (Å²) < 4.78 is 5.75. The van der Waals surface area contributed by atoms with Crippen LogP contribution in [0.1, 0.15) is 48.6 Å². The van der Waals surface area contributed by atoms with Gasteiger partial charge in [0.25, 0.3) is 5.91 Å². The number of rotatable bonds is 1. The Labute approximate surface area is 129 Å². The summed E-state index contributed by atoms with van der Waals surface area (Å²) in [4.78, 5) is 27.6. The van der Waals surface area contributed by atoms with Gasteiger partial charge in [-0.25, -0.2) is 0 Å². The van der Waals surface area contributed by atoms with Gasteiger partial charge in [0.15, 0.2) is 5.69 Å². The molecule has 1 aromatic rings. The van der Waals surface area contributed by atoms with Crippen LogP contribution in [0.5, 0.6) is 0 Å². The number of amides is 2. The Morgan fingerprint density at radius 1 is 1.18 bits per heavy atom. The van der Waals surface area contributed by atoms with Gasteiger partial charge in [-0.2, -0.15) is 5.10 Å². The fourth-order valence-electron chi connectivity index (χ4n) is 3.22. The number of hydrogen-bond donors (Lipinski definition) is 1. The third-order valence-electron chi connectivity index (χ3n) is 4.45. The standard InChI is InChI=1S/C15H22N4O3/c1-9-8-12-13(10(2)22-9)16-17-14(12)15(21)19-6-4-18(5-7-19)11(3)20/h9-10H,4-8H2,1-3H3,(H,16,17)/t9-,10+/m1/s1. The zero-order chi connectivity index (χ0) is 15.9. The average molecular weight is 306 g/mol. The van der Waals surface area contributed by atoms with Gasteiger partial charge in [-0.15, -0.1) is 0 Å². The molecule has 7 nitrogen and oxygen atoms in total. The maximum atomic E-state index is 12.7. The molecule has 2 aliphatic rings. The third-order valence-corrected chi connectivity index (χ3v) is 4.45. The first-order chi connectivity index (χ1) is 10.5. The highest BCUT2D eigenvalue weighted by Crippen LogP contribution is 2.30. The number of nitrogens with one attached hydrogen (secondary N) is 1. The van der Waals surface area contributed by atoms with E-state index in [9.17, 15) is 9.59 Å². The van der Waals surface area contributed by atoms with Crippen molar-refractivity contribution in [3.8, 4) is 0 Å². The van der Waals surface area contributed by atoms with Crippen LogP contribution in [0.4, 0.5) is 0 Å². The number of piperazine rings is 1. The fourth-order valence-corrected chi connectivity index (χ4v) is 3.22. The van der Waals surface area contributed by atoms with Gasteiger partial charge in [0.05, 0.1) is 17.9 Å². The molecule has 2 atom stereocenters. The summed E-state index contributed by atoms with van der Waals surface area (Å²) >= 11 is 0. The van der Waals surface area contributed by atoms with Gasteiger partial charge in [0.2, 0.25) is 5.91 Å². The summed E-state index contributed by atoms with van der Waals surface area (Å²) in [5, 5.41) is 7.19. The molecule has 2 aliphatic heterocycles. The van der Waals surface area contributed by atoms with Gasteiger partial charge in [-0.3, -0.25) is 14.7 Å². The number of fused-ring (bicyclic) bond motifs is 1. The first-order valence-electron chi connectivity index (χ1n) is 7.74. The molecule has 0 unspecified atom stereocenters.